The molecule has 0 aliphatic carbocycles. The molecule has 0 unspecified atom stereocenters. The number of amides is 3. The second-order valence-corrected chi connectivity index (χ2v) is 6.08. The molecule has 144 valence electrons. The first-order chi connectivity index (χ1) is 12.5. The normalized spacial score (nSPS) is 10.2. The van der Waals surface area contributed by atoms with Gasteiger partial charge in [0, 0.05) is 13.0 Å². The number of carbonyl (C=O) groups excluding carboxylic acids is 3. The number of rotatable bonds is 10. The van der Waals surface area contributed by atoms with Crippen LogP contribution in [0.4, 0.5) is 0 Å². The zero-order valence-corrected chi connectivity index (χ0v) is 15.5. The van der Waals surface area contributed by atoms with Gasteiger partial charge in [0.05, 0.1) is 7.11 Å². The van der Waals surface area contributed by atoms with Crippen LogP contribution in [0.2, 0.25) is 0 Å². The van der Waals surface area contributed by atoms with E-state index in [1.54, 1.807) is 12.1 Å². The fourth-order valence-electron chi connectivity index (χ4n) is 2.41. The van der Waals surface area contributed by atoms with Crippen LogP contribution in [0.5, 0.6) is 11.5 Å². The highest BCUT2D eigenvalue weighted by Crippen LogP contribution is 2.26. The lowest BCUT2D eigenvalue weighted by molar-refractivity contribution is -0.142. The summed E-state index contributed by atoms with van der Waals surface area (Å²) in [5, 5.41) is 14.0. The highest BCUT2D eigenvalue weighted by molar-refractivity contribution is 6.37. The molecule has 0 aliphatic heterocycles. The number of unbranched alkanes of at least 4 members (excludes halogenated alkanes) is 5. The summed E-state index contributed by atoms with van der Waals surface area (Å²) in [5.41, 5.74) is 0.652. The van der Waals surface area contributed by atoms with Crippen molar-refractivity contribution in [1.29, 1.82) is 0 Å². The number of hydrogen-bond acceptors (Lipinski definition) is 5. The van der Waals surface area contributed by atoms with E-state index in [1.807, 2.05) is 0 Å². The molecular weight excluding hydrogens is 336 g/mol. The zero-order chi connectivity index (χ0) is 19.4. The third-order valence-electron chi connectivity index (χ3n) is 3.91. The lowest BCUT2D eigenvalue weighted by Gasteiger charge is -2.08. The minimum atomic E-state index is -0.966. The first-order valence-electron chi connectivity index (χ1n) is 8.95. The molecule has 0 fully saturated rings. The largest absolute Gasteiger partial charge is 0.504 e. The molecular formula is C19H28N2O5. The lowest BCUT2D eigenvalue weighted by atomic mass is 10.1. The van der Waals surface area contributed by atoms with E-state index in [4.69, 9.17) is 4.74 Å². The zero-order valence-electron chi connectivity index (χ0n) is 15.5. The predicted molar refractivity (Wildman–Crippen MR) is 97.6 cm³/mol. The average molecular weight is 364 g/mol. The maximum Gasteiger partial charge on any atom is 0.315 e. The second kappa shape index (κ2) is 11.9. The van der Waals surface area contributed by atoms with Gasteiger partial charge in [0.2, 0.25) is 5.91 Å². The summed E-state index contributed by atoms with van der Waals surface area (Å²) in [5.74, 6) is -2.03. The second-order valence-electron chi connectivity index (χ2n) is 6.08. The Kier molecular flexibility index (Phi) is 9.82. The Morgan fingerprint density at radius 2 is 1.73 bits per heavy atom. The average Bonchev–Trinajstić information content (AvgIpc) is 2.63. The summed E-state index contributed by atoms with van der Waals surface area (Å²) in [6.07, 6.45) is 6.47. The molecule has 7 heteroatoms. The van der Waals surface area contributed by atoms with Gasteiger partial charge in [-0.05, 0) is 24.1 Å². The first-order valence-corrected chi connectivity index (χ1v) is 8.95. The van der Waals surface area contributed by atoms with Gasteiger partial charge in [0.25, 0.3) is 0 Å². The van der Waals surface area contributed by atoms with Crippen LogP contribution in [-0.4, -0.2) is 29.9 Å². The number of hydrogen-bond donors (Lipinski definition) is 3. The van der Waals surface area contributed by atoms with E-state index >= 15 is 0 Å². The molecule has 0 spiro atoms. The number of phenols is 1. The molecule has 0 bridgehead atoms. The Hall–Kier alpha value is -2.57. The van der Waals surface area contributed by atoms with Gasteiger partial charge in [-0.2, -0.15) is 0 Å². The predicted octanol–water partition coefficient (Wildman–Crippen LogP) is 2.41. The van der Waals surface area contributed by atoms with Gasteiger partial charge in [-0.25, -0.2) is 0 Å². The highest BCUT2D eigenvalue weighted by atomic mass is 16.5. The van der Waals surface area contributed by atoms with Crippen LogP contribution < -0.4 is 15.4 Å². The minimum Gasteiger partial charge on any atom is -0.504 e. The van der Waals surface area contributed by atoms with Gasteiger partial charge < -0.3 is 15.2 Å². The Morgan fingerprint density at radius 3 is 2.42 bits per heavy atom. The Bertz CT molecular complexity index is 616. The Labute approximate surface area is 154 Å². The van der Waals surface area contributed by atoms with Crippen molar-refractivity contribution >= 4 is 17.7 Å². The summed E-state index contributed by atoms with van der Waals surface area (Å²) < 4.78 is 4.97. The number of phenolic OH excluding ortho intramolecular Hbond substituents is 1. The first kappa shape index (κ1) is 21.5. The molecule has 3 N–H and O–H groups in total. The number of nitrogens with one attached hydrogen (secondary N) is 2. The van der Waals surface area contributed by atoms with Crippen molar-refractivity contribution in [3.63, 3.8) is 0 Å². The van der Waals surface area contributed by atoms with Crippen molar-refractivity contribution in [3.8, 4) is 11.5 Å². The molecule has 3 amide bonds. The fourth-order valence-corrected chi connectivity index (χ4v) is 2.41. The summed E-state index contributed by atoms with van der Waals surface area (Å²) in [4.78, 5) is 35.2. The third kappa shape index (κ3) is 8.00. The van der Waals surface area contributed by atoms with Crippen LogP contribution in [0.1, 0.15) is 57.4 Å². The molecule has 1 aromatic carbocycles. The number of benzene rings is 1. The van der Waals surface area contributed by atoms with Crippen LogP contribution >= 0.6 is 0 Å². The van der Waals surface area contributed by atoms with E-state index in [-0.39, 0.29) is 24.5 Å². The van der Waals surface area contributed by atoms with Gasteiger partial charge in [0.15, 0.2) is 11.5 Å². The molecule has 0 heterocycles. The molecule has 0 atom stereocenters. The fraction of sp³-hybridized carbons (Fsp3) is 0.526. The van der Waals surface area contributed by atoms with E-state index in [0.29, 0.717) is 12.0 Å². The van der Waals surface area contributed by atoms with Crippen molar-refractivity contribution in [3.05, 3.63) is 23.8 Å². The van der Waals surface area contributed by atoms with Crippen LogP contribution in [0.15, 0.2) is 18.2 Å². The van der Waals surface area contributed by atoms with Crippen molar-refractivity contribution in [2.75, 3.05) is 7.11 Å². The Morgan fingerprint density at radius 1 is 1.04 bits per heavy atom. The quantitative estimate of drug-likeness (QED) is 0.437. The van der Waals surface area contributed by atoms with E-state index < -0.39 is 17.7 Å². The van der Waals surface area contributed by atoms with E-state index in [0.717, 1.165) is 19.3 Å². The van der Waals surface area contributed by atoms with Gasteiger partial charge >= 0.3 is 11.8 Å². The molecule has 0 saturated carbocycles. The molecule has 26 heavy (non-hydrogen) atoms. The van der Waals surface area contributed by atoms with Crippen LogP contribution in [0.3, 0.4) is 0 Å². The molecule has 0 aromatic heterocycles. The van der Waals surface area contributed by atoms with E-state index in [1.165, 1.54) is 26.0 Å². The smallest absolute Gasteiger partial charge is 0.315 e. The van der Waals surface area contributed by atoms with Crippen molar-refractivity contribution < 1.29 is 24.2 Å². The maximum absolute atomic E-state index is 11.8. The van der Waals surface area contributed by atoms with Crippen molar-refractivity contribution in [1.82, 2.24) is 10.6 Å². The van der Waals surface area contributed by atoms with E-state index in [9.17, 15) is 19.5 Å². The number of ether oxygens (including phenoxy) is 1. The van der Waals surface area contributed by atoms with Gasteiger partial charge in [-0.15, -0.1) is 0 Å². The topological polar surface area (TPSA) is 105 Å². The number of imide groups is 1. The molecule has 7 nitrogen and oxygen atoms in total. The van der Waals surface area contributed by atoms with Crippen LogP contribution in [0.25, 0.3) is 0 Å². The van der Waals surface area contributed by atoms with Crippen molar-refractivity contribution in [2.45, 2.75) is 58.4 Å². The standard InChI is InChI=1S/C19H28N2O5/c1-3-4-5-6-7-8-9-17(23)21-19(25)18(24)20-13-14-10-11-15(22)16(12-14)26-2/h10-12,22H,3-9,13H2,1-2H3,(H,20,24)(H,21,23,25). The molecule has 0 aliphatic rings. The van der Waals surface area contributed by atoms with Crippen molar-refractivity contribution in [2.24, 2.45) is 0 Å². The van der Waals surface area contributed by atoms with E-state index in [2.05, 4.69) is 17.6 Å². The maximum atomic E-state index is 11.8. The molecule has 1 rings (SSSR count). The third-order valence-corrected chi connectivity index (χ3v) is 3.91. The Balaban J connectivity index is 2.29. The summed E-state index contributed by atoms with van der Waals surface area (Å²) in [6.45, 7) is 2.22. The number of aromatic hydroxyl groups is 1. The summed E-state index contributed by atoms with van der Waals surface area (Å²) in [7, 11) is 1.42. The molecule has 1 aromatic rings. The number of carbonyl (C=O) groups is 3. The lowest BCUT2D eigenvalue weighted by Crippen LogP contribution is -2.42. The van der Waals surface area contributed by atoms with Gasteiger partial charge in [-0.1, -0.05) is 45.1 Å². The SMILES string of the molecule is CCCCCCCCC(=O)NC(=O)C(=O)NCc1ccc(O)c(OC)c1. The molecule has 0 radical (unpaired) electrons. The number of methoxy groups -OCH3 is 1. The minimum absolute atomic E-state index is 0.0133. The van der Waals surface area contributed by atoms with Crippen LogP contribution in [-0.2, 0) is 20.9 Å². The van der Waals surface area contributed by atoms with Crippen LogP contribution in [0, 0.1) is 0 Å². The summed E-state index contributed by atoms with van der Waals surface area (Å²) >= 11 is 0. The summed E-state index contributed by atoms with van der Waals surface area (Å²) in [6, 6.07) is 4.58. The van der Waals surface area contributed by atoms with Gasteiger partial charge in [0.1, 0.15) is 0 Å². The monoisotopic (exact) mass is 364 g/mol. The highest BCUT2D eigenvalue weighted by Gasteiger charge is 2.16. The molecule has 0 saturated heterocycles. The van der Waals surface area contributed by atoms with Gasteiger partial charge in [-0.3, -0.25) is 19.7 Å².